The quantitative estimate of drug-likeness (QED) is 0.365. The second-order valence-electron chi connectivity index (χ2n) is 10.1. The molecule has 1 saturated carbocycles. The highest BCUT2D eigenvalue weighted by Crippen LogP contribution is 2.40. The van der Waals surface area contributed by atoms with Gasteiger partial charge in [0.1, 0.15) is 4.88 Å². The number of carbonyl (C=O) groups excluding carboxylic acids is 2. The monoisotopic (exact) mass is 519 g/mol. The summed E-state index contributed by atoms with van der Waals surface area (Å²) in [5, 5.41) is 12.9. The fourth-order valence-corrected chi connectivity index (χ4v) is 5.82. The highest BCUT2D eigenvalue weighted by Gasteiger charge is 2.33. The molecule has 2 N–H and O–H groups in total. The number of nitrogens with zero attached hydrogens (tertiary/aromatic N) is 2. The van der Waals surface area contributed by atoms with E-state index in [1.807, 2.05) is 39.0 Å². The number of benzene rings is 1. The number of aromatic nitrogens is 1. The predicted octanol–water partition coefficient (Wildman–Crippen LogP) is 6.64. The van der Waals surface area contributed by atoms with E-state index >= 15 is 0 Å². The van der Waals surface area contributed by atoms with Crippen LogP contribution < -0.4 is 10.2 Å². The molecule has 0 unspecified atom stereocenters. The molecule has 2 aromatic heterocycles. The van der Waals surface area contributed by atoms with Gasteiger partial charge in [-0.05, 0) is 87.8 Å². The lowest BCUT2D eigenvalue weighted by atomic mass is 9.82. The molecule has 1 aliphatic rings. The summed E-state index contributed by atoms with van der Waals surface area (Å²) in [6, 6.07) is 10.7. The first-order valence-electron chi connectivity index (χ1n) is 12.7. The summed E-state index contributed by atoms with van der Waals surface area (Å²) in [5.41, 5.74) is 3.24. The van der Waals surface area contributed by atoms with E-state index in [4.69, 9.17) is 0 Å². The van der Waals surface area contributed by atoms with Crippen molar-refractivity contribution in [1.29, 1.82) is 0 Å². The molecule has 1 aromatic carbocycles. The van der Waals surface area contributed by atoms with Crippen molar-refractivity contribution in [2.24, 2.45) is 11.8 Å². The van der Waals surface area contributed by atoms with Crippen LogP contribution in [-0.2, 0) is 4.79 Å². The molecule has 2 heterocycles. The third-order valence-electron chi connectivity index (χ3n) is 7.00. The first kappa shape index (κ1) is 26.5. The van der Waals surface area contributed by atoms with Crippen molar-refractivity contribution in [1.82, 2.24) is 4.98 Å². The standard InChI is InChI=1S/C29H33N3O4S/c1-17(2)32(28(34)21-7-5-18(3)6-8-21)24-15-25(37-26(24)29(35)36)20-9-11-22(12-10-20)31-27(33)23-16-30-14-13-19(23)4/h9-18,21H,5-8H2,1-4H3,(H,31,33)(H,35,36). The minimum absolute atomic E-state index is 0.0116. The van der Waals surface area contributed by atoms with E-state index < -0.39 is 5.97 Å². The Hall–Kier alpha value is -3.52. The molecule has 0 aliphatic heterocycles. The van der Waals surface area contributed by atoms with E-state index in [2.05, 4.69) is 17.2 Å². The summed E-state index contributed by atoms with van der Waals surface area (Å²) in [4.78, 5) is 45.0. The molecule has 2 amide bonds. The molecule has 37 heavy (non-hydrogen) atoms. The lowest BCUT2D eigenvalue weighted by Gasteiger charge is -2.33. The first-order valence-corrected chi connectivity index (χ1v) is 13.5. The van der Waals surface area contributed by atoms with Crippen LogP contribution in [0.2, 0.25) is 0 Å². The van der Waals surface area contributed by atoms with Crippen molar-refractivity contribution >= 4 is 40.5 Å². The SMILES string of the molecule is Cc1ccncc1C(=O)Nc1ccc(-c2cc(N(C(=O)C3CCC(C)CC3)C(C)C)c(C(=O)O)s2)cc1. The molecule has 0 bridgehead atoms. The van der Waals surface area contributed by atoms with Gasteiger partial charge >= 0.3 is 5.97 Å². The van der Waals surface area contributed by atoms with Crippen LogP contribution in [-0.4, -0.2) is 33.9 Å². The number of anilines is 2. The molecule has 0 radical (unpaired) electrons. The second kappa shape index (κ2) is 11.3. The predicted molar refractivity (Wildman–Crippen MR) is 147 cm³/mol. The van der Waals surface area contributed by atoms with Crippen LogP contribution in [0.4, 0.5) is 11.4 Å². The number of amides is 2. The van der Waals surface area contributed by atoms with Gasteiger partial charge in [-0.2, -0.15) is 0 Å². The number of rotatable bonds is 7. The van der Waals surface area contributed by atoms with Crippen LogP contribution >= 0.6 is 11.3 Å². The molecule has 0 atom stereocenters. The topological polar surface area (TPSA) is 99.6 Å². The number of carboxylic acids is 1. The minimum Gasteiger partial charge on any atom is -0.477 e. The number of pyridine rings is 1. The van der Waals surface area contributed by atoms with Crippen LogP contribution in [0.25, 0.3) is 10.4 Å². The second-order valence-corrected chi connectivity index (χ2v) is 11.2. The maximum Gasteiger partial charge on any atom is 0.348 e. The van der Waals surface area contributed by atoms with Gasteiger partial charge in [-0.3, -0.25) is 14.6 Å². The van der Waals surface area contributed by atoms with Crippen LogP contribution in [0.3, 0.4) is 0 Å². The van der Waals surface area contributed by atoms with Gasteiger partial charge in [-0.15, -0.1) is 11.3 Å². The van der Waals surface area contributed by atoms with Gasteiger partial charge < -0.3 is 15.3 Å². The average Bonchev–Trinajstić information content (AvgIpc) is 3.30. The van der Waals surface area contributed by atoms with E-state index in [1.165, 1.54) is 6.20 Å². The molecule has 3 aromatic rings. The zero-order valence-corrected chi connectivity index (χ0v) is 22.5. The third kappa shape index (κ3) is 5.91. The summed E-state index contributed by atoms with van der Waals surface area (Å²) in [6.07, 6.45) is 6.90. The van der Waals surface area contributed by atoms with Crippen molar-refractivity contribution in [3.8, 4) is 10.4 Å². The van der Waals surface area contributed by atoms with Crippen molar-refractivity contribution < 1.29 is 19.5 Å². The molecule has 194 valence electrons. The lowest BCUT2D eigenvalue weighted by molar-refractivity contribution is -0.123. The smallest absolute Gasteiger partial charge is 0.348 e. The lowest BCUT2D eigenvalue weighted by Crippen LogP contribution is -2.42. The zero-order valence-electron chi connectivity index (χ0n) is 21.7. The average molecular weight is 520 g/mol. The van der Waals surface area contributed by atoms with E-state index in [-0.39, 0.29) is 28.7 Å². The van der Waals surface area contributed by atoms with Crippen LogP contribution in [0.15, 0.2) is 48.8 Å². The van der Waals surface area contributed by atoms with Crippen molar-refractivity contribution in [2.45, 2.75) is 59.4 Å². The molecular weight excluding hydrogens is 486 g/mol. The van der Waals surface area contributed by atoms with Gasteiger partial charge in [0.15, 0.2) is 0 Å². The number of hydrogen-bond acceptors (Lipinski definition) is 5. The zero-order chi connectivity index (χ0) is 26.7. The Bertz CT molecular complexity index is 1290. The van der Waals surface area contributed by atoms with Crippen LogP contribution in [0.1, 0.15) is 72.0 Å². The fourth-order valence-electron chi connectivity index (χ4n) is 4.83. The van der Waals surface area contributed by atoms with Gasteiger partial charge in [0.2, 0.25) is 5.91 Å². The number of aromatic carboxylic acids is 1. The molecule has 8 heteroatoms. The molecular formula is C29H33N3O4S. The fraction of sp³-hybridized carbons (Fsp3) is 0.379. The third-order valence-corrected chi connectivity index (χ3v) is 8.16. The molecule has 1 aliphatic carbocycles. The Morgan fingerprint density at radius 2 is 1.76 bits per heavy atom. The number of thiophene rings is 1. The van der Waals surface area contributed by atoms with Gasteiger partial charge in [0, 0.05) is 34.9 Å². The first-order chi connectivity index (χ1) is 17.7. The normalized spacial score (nSPS) is 17.4. The van der Waals surface area contributed by atoms with Crippen LogP contribution in [0.5, 0.6) is 0 Å². The van der Waals surface area contributed by atoms with E-state index in [1.54, 1.807) is 29.3 Å². The molecule has 7 nitrogen and oxygen atoms in total. The largest absolute Gasteiger partial charge is 0.477 e. The van der Waals surface area contributed by atoms with Gasteiger partial charge in [-0.1, -0.05) is 19.1 Å². The van der Waals surface area contributed by atoms with Crippen molar-refractivity contribution in [2.75, 3.05) is 10.2 Å². The Morgan fingerprint density at radius 3 is 2.35 bits per heavy atom. The van der Waals surface area contributed by atoms with Gasteiger partial charge in [-0.25, -0.2) is 4.79 Å². The van der Waals surface area contributed by atoms with E-state index in [0.717, 1.165) is 53.0 Å². The van der Waals surface area contributed by atoms with Gasteiger partial charge in [0.25, 0.3) is 5.91 Å². The summed E-state index contributed by atoms with van der Waals surface area (Å²) < 4.78 is 0. The number of carboxylic acid groups (broad SMARTS) is 1. The van der Waals surface area contributed by atoms with Crippen molar-refractivity contribution in [3.63, 3.8) is 0 Å². The molecule has 4 rings (SSSR count). The van der Waals surface area contributed by atoms with E-state index in [0.29, 0.717) is 22.9 Å². The molecule has 1 fully saturated rings. The number of hydrogen-bond donors (Lipinski definition) is 2. The number of aryl methyl sites for hydroxylation is 1. The minimum atomic E-state index is -1.04. The summed E-state index contributed by atoms with van der Waals surface area (Å²) in [5.74, 6) is -0.724. The summed E-state index contributed by atoms with van der Waals surface area (Å²) in [6.45, 7) is 7.92. The summed E-state index contributed by atoms with van der Waals surface area (Å²) in [7, 11) is 0. The highest BCUT2D eigenvalue weighted by molar-refractivity contribution is 7.18. The Kier molecular flexibility index (Phi) is 8.07. The molecule has 0 saturated heterocycles. The van der Waals surface area contributed by atoms with E-state index in [9.17, 15) is 19.5 Å². The van der Waals surface area contributed by atoms with Gasteiger partial charge in [0.05, 0.1) is 11.3 Å². The summed E-state index contributed by atoms with van der Waals surface area (Å²) >= 11 is 1.16. The maximum absolute atomic E-state index is 13.5. The number of carbonyl (C=O) groups is 3. The highest BCUT2D eigenvalue weighted by atomic mass is 32.1. The number of nitrogens with one attached hydrogen (secondary N) is 1. The molecule has 0 spiro atoms. The Morgan fingerprint density at radius 1 is 1.08 bits per heavy atom. The maximum atomic E-state index is 13.5. The van der Waals surface area contributed by atoms with Crippen LogP contribution in [0, 0.1) is 18.8 Å². The Labute approximate surface area is 221 Å². The van der Waals surface area contributed by atoms with Crippen molar-refractivity contribution in [3.05, 3.63) is 64.8 Å². The Balaban J connectivity index is 1.58.